The van der Waals surface area contributed by atoms with Crippen LogP contribution in [0.1, 0.15) is 0 Å². The fourth-order valence-corrected chi connectivity index (χ4v) is 2.87. The molecule has 0 radical (unpaired) electrons. The minimum Gasteiger partial charge on any atom is -0.204 e. The van der Waals surface area contributed by atoms with Crippen molar-refractivity contribution in [2.75, 3.05) is 0 Å². The second kappa shape index (κ2) is 3.01. The van der Waals surface area contributed by atoms with Crippen LogP contribution >= 0.6 is 39.9 Å². The summed E-state index contributed by atoms with van der Waals surface area (Å²) in [5.74, 6) is -0.223. The first-order valence-corrected chi connectivity index (χ1v) is 5.31. The molecular formula is C8H4BrFS2. The number of rotatable bonds is 0. The van der Waals surface area contributed by atoms with E-state index in [0.717, 1.165) is 9.17 Å². The van der Waals surface area contributed by atoms with Crippen molar-refractivity contribution < 1.29 is 4.39 Å². The van der Waals surface area contributed by atoms with Crippen molar-refractivity contribution in [1.29, 1.82) is 0 Å². The largest absolute Gasteiger partial charge is 0.204 e. The Morgan fingerprint density at radius 3 is 2.83 bits per heavy atom. The predicted molar refractivity (Wildman–Crippen MR) is 56.7 cm³/mol. The van der Waals surface area contributed by atoms with Gasteiger partial charge in [-0.2, -0.15) is 0 Å². The van der Waals surface area contributed by atoms with E-state index in [1.54, 1.807) is 6.07 Å². The van der Waals surface area contributed by atoms with Crippen LogP contribution in [0.2, 0.25) is 0 Å². The predicted octanol–water partition coefficient (Wildman–Crippen LogP) is 4.09. The van der Waals surface area contributed by atoms with Gasteiger partial charge in [0, 0.05) is 9.86 Å². The topological polar surface area (TPSA) is 0 Å². The molecule has 0 fully saturated rings. The SMILES string of the molecule is Fc1c(S)sc2c(Br)cccc12. The molecule has 0 nitrogen and oxygen atoms in total. The Morgan fingerprint density at radius 2 is 2.17 bits per heavy atom. The fourth-order valence-electron chi connectivity index (χ4n) is 1.04. The summed E-state index contributed by atoms with van der Waals surface area (Å²) in [5.41, 5.74) is 0. The van der Waals surface area contributed by atoms with Crippen LogP contribution in [0.3, 0.4) is 0 Å². The van der Waals surface area contributed by atoms with Crippen LogP contribution < -0.4 is 0 Å². The zero-order valence-electron chi connectivity index (χ0n) is 5.84. The molecular weight excluding hydrogens is 259 g/mol. The van der Waals surface area contributed by atoms with Gasteiger partial charge < -0.3 is 0 Å². The minimum atomic E-state index is -0.223. The van der Waals surface area contributed by atoms with Crippen molar-refractivity contribution in [3.63, 3.8) is 0 Å². The maximum atomic E-state index is 13.3. The summed E-state index contributed by atoms with van der Waals surface area (Å²) < 4.78 is 15.5. The number of fused-ring (bicyclic) bond motifs is 1. The van der Waals surface area contributed by atoms with E-state index < -0.39 is 0 Å². The first-order chi connectivity index (χ1) is 5.70. The Labute approximate surface area is 86.9 Å². The van der Waals surface area contributed by atoms with E-state index in [-0.39, 0.29) is 5.82 Å². The molecule has 0 unspecified atom stereocenters. The molecule has 0 atom stereocenters. The quantitative estimate of drug-likeness (QED) is 0.680. The van der Waals surface area contributed by atoms with Crippen molar-refractivity contribution in [3.8, 4) is 0 Å². The maximum absolute atomic E-state index is 13.3. The Morgan fingerprint density at radius 1 is 1.42 bits per heavy atom. The first-order valence-electron chi connectivity index (χ1n) is 3.25. The zero-order valence-corrected chi connectivity index (χ0v) is 9.14. The number of hydrogen-bond acceptors (Lipinski definition) is 2. The lowest BCUT2D eigenvalue weighted by atomic mass is 10.3. The van der Waals surface area contributed by atoms with Gasteiger partial charge in [0.2, 0.25) is 0 Å². The van der Waals surface area contributed by atoms with Crippen molar-refractivity contribution >= 4 is 50.0 Å². The minimum absolute atomic E-state index is 0.223. The second-order valence-electron chi connectivity index (χ2n) is 2.34. The lowest BCUT2D eigenvalue weighted by Gasteiger charge is -1.90. The number of thiophene rings is 1. The third kappa shape index (κ3) is 1.18. The molecule has 0 N–H and O–H groups in total. The molecule has 1 aromatic heterocycles. The van der Waals surface area contributed by atoms with Crippen LogP contribution in [-0.2, 0) is 0 Å². The maximum Gasteiger partial charge on any atom is 0.155 e. The molecule has 0 aliphatic heterocycles. The summed E-state index contributed by atoms with van der Waals surface area (Å²) in [6.45, 7) is 0. The summed E-state index contributed by atoms with van der Waals surface area (Å²) in [7, 11) is 0. The molecule has 0 spiro atoms. The molecule has 4 heteroatoms. The van der Waals surface area contributed by atoms with Gasteiger partial charge >= 0.3 is 0 Å². The first kappa shape index (κ1) is 8.53. The van der Waals surface area contributed by atoms with Crippen LogP contribution in [0, 0.1) is 5.82 Å². The van der Waals surface area contributed by atoms with Gasteiger partial charge in [0.05, 0.1) is 8.91 Å². The highest BCUT2D eigenvalue weighted by molar-refractivity contribution is 9.10. The smallest absolute Gasteiger partial charge is 0.155 e. The van der Waals surface area contributed by atoms with Crippen LogP contribution in [0.15, 0.2) is 26.9 Å². The van der Waals surface area contributed by atoms with E-state index in [2.05, 4.69) is 28.6 Å². The summed E-state index contributed by atoms with van der Waals surface area (Å²) in [6, 6.07) is 5.46. The highest BCUT2D eigenvalue weighted by Crippen LogP contribution is 2.36. The molecule has 1 heterocycles. The number of halogens is 2. The molecule has 1 aromatic carbocycles. The second-order valence-corrected chi connectivity index (χ2v) is 4.96. The zero-order chi connectivity index (χ0) is 8.72. The molecule has 2 aromatic rings. The standard InChI is InChI=1S/C8H4BrFS2/c9-5-3-1-2-4-6(10)8(11)12-7(4)5/h1-3,11H. The average Bonchev–Trinajstić information content (AvgIpc) is 2.32. The molecule has 0 saturated carbocycles. The third-order valence-electron chi connectivity index (χ3n) is 1.59. The summed E-state index contributed by atoms with van der Waals surface area (Å²) >= 11 is 8.73. The molecule has 62 valence electrons. The van der Waals surface area contributed by atoms with Crippen LogP contribution in [0.4, 0.5) is 4.39 Å². The lowest BCUT2D eigenvalue weighted by molar-refractivity contribution is 0.624. The van der Waals surface area contributed by atoms with Crippen LogP contribution in [0.5, 0.6) is 0 Å². The van der Waals surface area contributed by atoms with Gasteiger partial charge in [-0.15, -0.1) is 24.0 Å². The fraction of sp³-hybridized carbons (Fsp3) is 0. The Balaban J connectivity index is 2.95. The Hall–Kier alpha value is -0.0600. The monoisotopic (exact) mass is 262 g/mol. The Kier molecular flexibility index (Phi) is 2.14. The molecule has 2 rings (SSSR count). The van der Waals surface area contributed by atoms with E-state index in [1.165, 1.54) is 11.3 Å². The number of thiol groups is 1. The highest BCUT2D eigenvalue weighted by atomic mass is 79.9. The van der Waals surface area contributed by atoms with Gasteiger partial charge in [-0.1, -0.05) is 12.1 Å². The van der Waals surface area contributed by atoms with E-state index in [0.29, 0.717) is 9.60 Å². The van der Waals surface area contributed by atoms with E-state index in [9.17, 15) is 4.39 Å². The van der Waals surface area contributed by atoms with Crippen molar-refractivity contribution in [1.82, 2.24) is 0 Å². The molecule has 0 aliphatic carbocycles. The molecule has 0 bridgehead atoms. The lowest BCUT2D eigenvalue weighted by Crippen LogP contribution is -1.69. The molecule has 0 aliphatic rings. The highest BCUT2D eigenvalue weighted by Gasteiger charge is 2.10. The number of hydrogen-bond donors (Lipinski definition) is 1. The van der Waals surface area contributed by atoms with Gasteiger partial charge in [0.1, 0.15) is 0 Å². The van der Waals surface area contributed by atoms with Crippen molar-refractivity contribution in [2.45, 2.75) is 4.21 Å². The summed E-state index contributed by atoms with van der Waals surface area (Å²) in [5, 5.41) is 0.638. The van der Waals surface area contributed by atoms with Crippen LogP contribution in [-0.4, -0.2) is 0 Å². The van der Waals surface area contributed by atoms with Gasteiger partial charge in [0.15, 0.2) is 5.82 Å². The van der Waals surface area contributed by atoms with Gasteiger partial charge in [-0.05, 0) is 22.0 Å². The Bertz CT molecular complexity index is 436. The third-order valence-corrected chi connectivity index (χ3v) is 4.00. The molecule has 0 amide bonds. The van der Waals surface area contributed by atoms with Gasteiger partial charge in [-0.3, -0.25) is 0 Å². The normalized spacial score (nSPS) is 10.9. The average molecular weight is 263 g/mol. The molecule has 12 heavy (non-hydrogen) atoms. The van der Waals surface area contributed by atoms with Crippen molar-refractivity contribution in [3.05, 3.63) is 28.5 Å². The van der Waals surface area contributed by atoms with Crippen molar-refractivity contribution in [2.24, 2.45) is 0 Å². The summed E-state index contributed by atoms with van der Waals surface area (Å²) in [4.78, 5) is 0. The molecule has 0 saturated heterocycles. The van der Waals surface area contributed by atoms with Gasteiger partial charge in [-0.25, -0.2) is 4.39 Å². The van der Waals surface area contributed by atoms with E-state index >= 15 is 0 Å². The summed E-state index contributed by atoms with van der Waals surface area (Å²) in [6.07, 6.45) is 0. The van der Waals surface area contributed by atoms with Gasteiger partial charge in [0.25, 0.3) is 0 Å². The van der Waals surface area contributed by atoms with E-state index in [4.69, 9.17) is 0 Å². The van der Waals surface area contributed by atoms with E-state index in [1.807, 2.05) is 12.1 Å². The van der Waals surface area contributed by atoms with Crippen LogP contribution in [0.25, 0.3) is 10.1 Å². The number of benzene rings is 1.